The van der Waals surface area contributed by atoms with E-state index in [9.17, 15) is 9.18 Å². The molecule has 202 valence electrons. The minimum absolute atomic E-state index is 0. The lowest BCUT2D eigenvalue weighted by Crippen LogP contribution is -2.38. The monoisotopic (exact) mass is 546 g/mol. The zero-order chi connectivity index (χ0) is 24.7. The number of nitrogens with zero attached hydrogens (tertiary/aromatic N) is 3. The van der Waals surface area contributed by atoms with Gasteiger partial charge in [0.1, 0.15) is 24.1 Å². The van der Waals surface area contributed by atoms with Gasteiger partial charge in [-0.1, -0.05) is 26.7 Å². The molecule has 12 heteroatoms. The van der Waals surface area contributed by atoms with Gasteiger partial charge in [0.05, 0.1) is 18.2 Å². The van der Waals surface area contributed by atoms with Crippen LogP contribution in [0, 0.1) is 11.2 Å². The van der Waals surface area contributed by atoms with Gasteiger partial charge in [-0.25, -0.2) is 14.4 Å². The highest BCUT2D eigenvalue weighted by atomic mass is 35.5. The van der Waals surface area contributed by atoms with Crippen LogP contribution in [0.25, 0.3) is 10.9 Å². The summed E-state index contributed by atoms with van der Waals surface area (Å²) >= 11 is 0. The van der Waals surface area contributed by atoms with E-state index in [1.165, 1.54) is 12.1 Å². The maximum Gasteiger partial charge on any atom is 0.289 e. The average molecular weight is 548 g/mol. The summed E-state index contributed by atoms with van der Waals surface area (Å²) in [5.74, 6) is 0.0487. The Bertz CT molecular complexity index is 1040. The minimum Gasteiger partial charge on any atom is -0.386 e. The van der Waals surface area contributed by atoms with Crippen molar-refractivity contribution in [2.75, 3.05) is 39.3 Å². The normalized spacial score (nSPS) is 18.2. The standard InChI is InChI=1S/C24H35FN6O3.2ClH/c1-24(2,14-34-4)13-27-23(32)22-29-17-10-9-15(25)11-16(17)21(31-22)30-19-8-6-5-7-18(19)28-20(26)12-33-3;;/h9-11,18-19H,5-8,12-14H2,1-4H3,(H2,26,28)(H,27,32)(H,29,30,31);2*1H/t18-,19+;;/m1../s1. The molecule has 1 aliphatic rings. The number of benzene rings is 1. The number of nitrogens with two attached hydrogens (primary N) is 1. The van der Waals surface area contributed by atoms with Crippen molar-refractivity contribution in [3.63, 3.8) is 0 Å². The molecule has 0 unspecified atom stereocenters. The molecule has 0 spiro atoms. The molecular formula is C24H37Cl2FN6O3. The molecule has 1 amide bonds. The summed E-state index contributed by atoms with van der Waals surface area (Å²) in [6.45, 7) is 5.13. The third-order valence-electron chi connectivity index (χ3n) is 5.80. The van der Waals surface area contributed by atoms with Gasteiger partial charge >= 0.3 is 0 Å². The second-order valence-corrected chi connectivity index (χ2v) is 9.49. The summed E-state index contributed by atoms with van der Waals surface area (Å²) in [5.41, 5.74) is 6.23. The fourth-order valence-corrected chi connectivity index (χ4v) is 4.16. The highest BCUT2D eigenvalue weighted by molar-refractivity contribution is 5.96. The number of ether oxygens (including phenoxy) is 2. The Morgan fingerprint density at radius 3 is 2.61 bits per heavy atom. The third kappa shape index (κ3) is 8.69. The highest BCUT2D eigenvalue weighted by Gasteiger charge is 2.27. The molecule has 1 fully saturated rings. The molecule has 1 saturated carbocycles. The molecule has 36 heavy (non-hydrogen) atoms. The molecule has 3 rings (SSSR count). The van der Waals surface area contributed by atoms with Gasteiger partial charge in [-0.15, -0.1) is 24.8 Å². The van der Waals surface area contributed by atoms with E-state index in [1.807, 2.05) is 13.8 Å². The van der Waals surface area contributed by atoms with Crippen LogP contribution >= 0.6 is 24.8 Å². The number of rotatable bonds is 10. The summed E-state index contributed by atoms with van der Waals surface area (Å²) in [7, 11) is 3.20. The summed E-state index contributed by atoms with van der Waals surface area (Å²) in [6, 6.07) is 4.11. The SMILES string of the molecule is COCC(N)=N[C@@H]1CCCC[C@@H]1Nc1nc(C(=O)NCC(C)(C)COC)nc2ccc(F)cc12.Cl.Cl. The van der Waals surface area contributed by atoms with Crippen molar-refractivity contribution in [2.24, 2.45) is 16.1 Å². The zero-order valence-corrected chi connectivity index (χ0v) is 22.8. The predicted molar refractivity (Wildman–Crippen MR) is 145 cm³/mol. The number of aliphatic imine (C=N–C) groups is 1. The topological polar surface area (TPSA) is 124 Å². The number of halogens is 3. The van der Waals surface area contributed by atoms with Gasteiger partial charge in [0, 0.05) is 37.6 Å². The number of aromatic nitrogens is 2. The molecule has 0 radical (unpaired) electrons. The molecule has 1 heterocycles. The largest absolute Gasteiger partial charge is 0.386 e. The molecule has 1 aliphatic carbocycles. The van der Waals surface area contributed by atoms with Crippen LogP contribution in [0.4, 0.5) is 10.2 Å². The molecule has 0 aliphatic heterocycles. The van der Waals surface area contributed by atoms with Crippen molar-refractivity contribution in [3.8, 4) is 0 Å². The Balaban J connectivity index is 0.00000324. The number of hydrogen-bond donors (Lipinski definition) is 3. The maximum atomic E-state index is 14.1. The van der Waals surface area contributed by atoms with Crippen molar-refractivity contribution in [1.82, 2.24) is 15.3 Å². The van der Waals surface area contributed by atoms with Crippen molar-refractivity contribution in [2.45, 2.75) is 51.6 Å². The maximum absolute atomic E-state index is 14.1. The molecule has 9 nitrogen and oxygen atoms in total. The highest BCUT2D eigenvalue weighted by Crippen LogP contribution is 2.28. The summed E-state index contributed by atoms with van der Waals surface area (Å²) in [5, 5.41) is 6.81. The summed E-state index contributed by atoms with van der Waals surface area (Å²) in [4.78, 5) is 26.4. The molecule has 1 aromatic carbocycles. The zero-order valence-electron chi connectivity index (χ0n) is 21.2. The molecule has 1 aromatic heterocycles. The number of carbonyl (C=O) groups is 1. The van der Waals surface area contributed by atoms with Gasteiger partial charge in [0.25, 0.3) is 5.91 Å². The molecule has 2 aromatic rings. The number of carbonyl (C=O) groups excluding carboxylic acids is 1. The van der Waals surface area contributed by atoms with Gasteiger partial charge in [0.15, 0.2) is 0 Å². The second-order valence-electron chi connectivity index (χ2n) is 9.49. The lowest BCUT2D eigenvalue weighted by Gasteiger charge is -2.30. The first-order chi connectivity index (χ1) is 16.2. The number of amidine groups is 1. The van der Waals surface area contributed by atoms with Crippen LogP contribution in [0.15, 0.2) is 23.2 Å². The number of amides is 1. The van der Waals surface area contributed by atoms with Crippen molar-refractivity contribution in [1.29, 1.82) is 0 Å². The number of methoxy groups -OCH3 is 2. The lowest BCUT2D eigenvalue weighted by atomic mass is 9.90. The Hall–Kier alpha value is -2.27. The van der Waals surface area contributed by atoms with E-state index in [2.05, 4.69) is 25.6 Å². The van der Waals surface area contributed by atoms with Crippen LogP contribution in [0.3, 0.4) is 0 Å². The number of fused-ring (bicyclic) bond motifs is 1. The predicted octanol–water partition coefficient (Wildman–Crippen LogP) is 3.74. The van der Waals surface area contributed by atoms with Gasteiger partial charge in [-0.2, -0.15) is 0 Å². The average Bonchev–Trinajstić information content (AvgIpc) is 2.79. The van der Waals surface area contributed by atoms with E-state index in [0.717, 1.165) is 25.7 Å². The van der Waals surface area contributed by atoms with E-state index in [0.29, 0.717) is 35.7 Å². The van der Waals surface area contributed by atoms with Crippen LogP contribution in [0.2, 0.25) is 0 Å². The molecule has 2 atom stereocenters. The molecule has 4 N–H and O–H groups in total. The number of nitrogens with one attached hydrogen (secondary N) is 2. The van der Waals surface area contributed by atoms with Crippen molar-refractivity contribution < 1.29 is 18.7 Å². The van der Waals surface area contributed by atoms with Gasteiger partial charge in [0.2, 0.25) is 5.82 Å². The smallest absolute Gasteiger partial charge is 0.289 e. The van der Waals surface area contributed by atoms with E-state index < -0.39 is 11.7 Å². The first-order valence-corrected chi connectivity index (χ1v) is 11.5. The first kappa shape index (κ1) is 31.8. The quantitative estimate of drug-likeness (QED) is 0.306. The molecule has 0 saturated heterocycles. The van der Waals surface area contributed by atoms with E-state index in [1.54, 1.807) is 20.3 Å². The van der Waals surface area contributed by atoms with Crippen molar-refractivity contribution >= 4 is 53.3 Å². The number of anilines is 1. The van der Waals surface area contributed by atoms with E-state index in [-0.39, 0.29) is 54.7 Å². The Morgan fingerprint density at radius 1 is 1.19 bits per heavy atom. The minimum atomic E-state index is -0.403. The van der Waals surface area contributed by atoms with Crippen molar-refractivity contribution in [3.05, 3.63) is 29.8 Å². The first-order valence-electron chi connectivity index (χ1n) is 11.5. The van der Waals surface area contributed by atoms with E-state index >= 15 is 0 Å². The summed E-state index contributed by atoms with van der Waals surface area (Å²) in [6.07, 6.45) is 3.77. The third-order valence-corrected chi connectivity index (χ3v) is 5.80. The fourth-order valence-electron chi connectivity index (χ4n) is 4.16. The number of hydrogen-bond acceptors (Lipinski definition) is 7. The van der Waals surface area contributed by atoms with Gasteiger partial charge in [-0.05, 0) is 31.0 Å². The summed E-state index contributed by atoms with van der Waals surface area (Å²) < 4.78 is 24.4. The van der Waals surface area contributed by atoms with Gasteiger partial charge < -0.3 is 25.8 Å². The lowest BCUT2D eigenvalue weighted by molar-refractivity contribution is 0.0839. The Morgan fingerprint density at radius 2 is 1.92 bits per heavy atom. The van der Waals surface area contributed by atoms with Crippen LogP contribution < -0.4 is 16.4 Å². The van der Waals surface area contributed by atoms with E-state index in [4.69, 9.17) is 15.2 Å². The second kappa shape index (κ2) is 14.5. The fraction of sp³-hybridized carbons (Fsp3) is 0.583. The van der Waals surface area contributed by atoms with Gasteiger partial charge in [-0.3, -0.25) is 9.79 Å². The molecule has 0 bridgehead atoms. The molecular weight excluding hydrogens is 510 g/mol. The van der Waals surface area contributed by atoms with Crippen LogP contribution in [0.1, 0.15) is 50.1 Å². The Kier molecular flexibility index (Phi) is 12.8. The Labute approximate surface area is 224 Å². The van der Waals surface area contributed by atoms with Crippen LogP contribution in [-0.4, -0.2) is 67.8 Å². The van der Waals surface area contributed by atoms with Crippen LogP contribution in [-0.2, 0) is 9.47 Å². The van der Waals surface area contributed by atoms with Crippen LogP contribution in [0.5, 0.6) is 0 Å².